The van der Waals surface area contributed by atoms with Gasteiger partial charge in [0.15, 0.2) is 0 Å². The molecular weight excluding hydrogens is 236 g/mol. The first-order chi connectivity index (χ1) is 9.20. The Kier molecular flexibility index (Phi) is 4.18. The van der Waals surface area contributed by atoms with Crippen LogP contribution in [0.4, 0.5) is 16.2 Å². The minimum Gasteiger partial charge on any atom is -0.308 e. The van der Waals surface area contributed by atoms with Crippen LogP contribution in [0, 0.1) is 6.92 Å². The van der Waals surface area contributed by atoms with Gasteiger partial charge in [0.1, 0.15) is 0 Å². The van der Waals surface area contributed by atoms with E-state index in [0.29, 0.717) is 6.54 Å². The van der Waals surface area contributed by atoms with E-state index in [-0.39, 0.29) is 6.03 Å². The number of anilines is 2. The Balaban J connectivity index is 2.14. The first-order valence-corrected chi connectivity index (χ1v) is 6.41. The number of benzene rings is 2. The van der Waals surface area contributed by atoms with Crippen molar-refractivity contribution >= 4 is 17.4 Å². The summed E-state index contributed by atoms with van der Waals surface area (Å²) in [6.45, 7) is 4.59. The number of carbonyl (C=O) groups is 1. The van der Waals surface area contributed by atoms with E-state index in [0.717, 1.165) is 16.9 Å². The standard InChI is InChI=1S/C16H18N2O/c1-3-18(15-10-5-4-6-11-15)16(19)17-14-9-7-8-13(2)12-14/h4-12H,3H2,1-2H3,(H,17,19). The van der Waals surface area contributed by atoms with Gasteiger partial charge in [-0.3, -0.25) is 4.90 Å². The number of hydrogen-bond acceptors (Lipinski definition) is 1. The number of carbonyl (C=O) groups excluding carboxylic acids is 1. The minimum atomic E-state index is -0.112. The summed E-state index contributed by atoms with van der Waals surface area (Å²) in [5.74, 6) is 0. The maximum Gasteiger partial charge on any atom is 0.326 e. The largest absolute Gasteiger partial charge is 0.326 e. The Morgan fingerprint density at radius 3 is 2.47 bits per heavy atom. The fraction of sp³-hybridized carbons (Fsp3) is 0.188. The van der Waals surface area contributed by atoms with Crippen molar-refractivity contribution in [3.63, 3.8) is 0 Å². The van der Waals surface area contributed by atoms with Gasteiger partial charge in [0.05, 0.1) is 0 Å². The number of nitrogens with zero attached hydrogens (tertiary/aromatic N) is 1. The summed E-state index contributed by atoms with van der Waals surface area (Å²) < 4.78 is 0. The molecule has 0 spiro atoms. The molecule has 1 N–H and O–H groups in total. The van der Waals surface area contributed by atoms with Gasteiger partial charge in [0.2, 0.25) is 0 Å². The van der Waals surface area contributed by atoms with Crippen LogP contribution in [0.3, 0.4) is 0 Å². The molecule has 2 rings (SSSR count). The maximum atomic E-state index is 12.3. The molecule has 2 aromatic rings. The van der Waals surface area contributed by atoms with Crippen molar-refractivity contribution in [2.45, 2.75) is 13.8 Å². The number of urea groups is 1. The highest BCUT2D eigenvalue weighted by atomic mass is 16.2. The highest BCUT2D eigenvalue weighted by Crippen LogP contribution is 2.16. The van der Waals surface area contributed by atoms with Crippen LogP contribution in [0.2, 0.25) is 0 Å². The number of aryl methyl sites for hydroxylation is 1. The quantitative estimate of drug-likeness (QED) is 0.880. The highest BCUT2D eigenvalue weighted by molar-refractivity contribution is 6.01. The lowest BCUT2D eigenvalue weighted by Crippen LogP contribution is -2.34. The molecule has 0 radical (unpaired) electrons. The van der Waals surface area contributed by atoms with E-state index in [4.69, 9.17) is 0 Å². The summed E-state index contributed by atoms with van der Waals surface area (Å²) in [6.07, 6.45) is 0. The molecule has 3 heteroatoms. The van der Waals surface area contributed by atoms with Crippen molar-refractivity contribution < 1.29 is 4.79 Å². The summed E-state index contributed by atoms with van der Waals surface area (Å²) in [7, 11) is 0. The molecule has 0 aliphatic rings. The third-order valence-electron chi connectivity index (χ3n) is 2.90. The van der Waals surface area contributed by atoms with Crippen LogP contribution < -0.4 is 10.2 Å². The van der Waals surface area contributed by atoms with E-state index in [2.05, 4.69) is 5.32 Å². The molecule has 0 heterocycles. The maximum absolute atomic E-state index is 12.3. The second kappa shape index (κ2) is 6.05. The van der Waals surface area contributed by atoms with Crippen molar-refractivity contribution in [1.82, 2.24) is 0 Å². The number of amides is 2. The van der Waals surface area contributed by atoms with Gasteiger partial charge in [-0.15, -0.1) is 0 Å². The van der Waals surface area contributed by atoms with Gasteiger partial charge < -0.3 is 5.32 Å². The first kappa shape index (κ1) is 13.1. The average molecular weight is 254 g/mol. The van der Waals surface area contributed by atoms with Gasteiger partial charge in [-0.2, -0.15) is 0 Å². The lowest BCUT2D eigenvalue weighted by molar-refractivity contribution is 0.257. The van der Waals surface area contributed by atoms with Gasteiger partial charge >= 0.3 is 6.03 Å². The van der Waals surface area contributed by atoms with Crippen molar-refractivity contribution in [1.29, 1.82) is 0 Å². The predicted molar refractivity (Wildman–Crippen MR) is 79.7 cm³/mol. The smallest absolute Gasteiger partial charge is 0.308 e. The van der Waals surface area contributed by atoms with E-state index in [1.165, 1.54) is 0 Å². The van der Waals surface area contributed by atoms with E-state index in [1.807, 2.05) is 68.4 Å². The van der Waals surface area contributed by atoms with E-state index in [9.17, 15) is 4.79 Å². The Bertz CT molecular complexity index is 552. The monoisotopic (exact) mass is 254 g/mol. The van der Waals surface area contributed by atoms with Crippen LogP contribution in [0.1, 0.15) is 12.5 Å². The van der Waals surface area contributed by atoms with Crippen LogP contribution in [-0.2, 0) is 0 Å². The molecule has 0 saturated heterocycles. The van der Waals surface area contributed by atoms with Gasteiger partial charge in [-0.05, 0) is 43.7 Å². The summed E-state index contributed by atoms with van der Waals surface area (Å²) in [5, 5.41) is 2.92. The van der Waals surface area contributed by atoms with E-state index < -0.39 is 0 Å². The van der Waals surface area contributed by atoms with Crippen molar-refractivity contribution in [3.8, 4) is 0 Å². The molecule has 19 heavy (non-hydrogen) atoms. The molecule has 0 fully saturated rings. The normalized spacial score (nSPS) is 10.0. The molecule has 0 aliphatic heterocycles. The van der Waals surface area contributed by atoms with Gasteiger partial charge in [-0.25, -0.2) is 4.79 Å². The summed E-state index contributed by atoms with van der Waals surface area (Å²) >= 11 is 0. The number of rotatable bonds is 3. The summed E-state index contributed by atoms with van der Waals surface area (Å²) in [6, 6.07) is 17.3. The van der Waals surface area contributed by atoms with Crippen molar-refractivity contribution in [3.05, 3.63) is 60.2 Å². The number of para-hydroxylation sites is 1. The molecule has 0 bridgehead atoms. The van der Waals surface area contributed by atoms with Gasteiger partial charge in [0.25, 0.3) is 0 Å². The lowest BCUT2D eigenvalue weighted by Gasteiger charge is -2.21. The number of hydrogen-bond donors (Lipinski definition) is 1. The zero-order valence-electron chi connectivity index (χ0n) is 11.3. The Hall–Kier alpha value is -2.29. The van der Waals surface area contributed by atoms with E-state index >= 15 is 0 Å². The molecule has 0 atom stereocenters. The Morgan fingerprint density at radius 1 is 1.11 bits per heavy atom. The molecule has 2 aromatic carbocycles. The lowest BCUT2D eigenvalue weighted by atomic mass is 10.2. The zero-order valence-corrected chi connectivity index (χ0v) is 11.3. The molecule has 0 unspecified atom stereocenters. The van der Waals surface area contributed by atoms with Crippen LogP contribution in [0.5, 0.6) is 0 Å². The molecule has 98 valence electrons. The minimum absolute atomic E-state index is 0.112. The molecule has 0 aliphatic carbocycles. The van der Waals surface area contributed by atoms with Crippen LogP contribution in [0.15, 0.2) is 54.6 Å². The Morgan fingerprint density at radius 2 is 1.84 bits per heavy atom. The third kappa shape index (κ3) is 3.35. The molecular formula is C16H18N2O. The average Bonchev–Trinajstić information content (AvgIpc) is 2.41. The van der Waals surface area contributed by atoms with Gasteiger partial charge in [0, 0.05) is 17.9 Å². The molecule has 0 saturated carbocycles. The highest BCUT2D eigenvalue weighted by Gasteiger charge is 2.13. The Labute approximate surface area is 113 Å². The topological polar surface area (TPSA) is 32.3 Å². The SMILES string of the molecule is CCN(C(=O)Nc1cccc(C)c1)c1ccccc1. The third-order valence-corrected chi connectivity index (χ3v) is 2.90. The van der Waals surface area contributed by atoms with Crippen molar-refractivity contribution in [2.24, 2.45) is 0 Å². The first-order valence-electron chi connectivity index (χ1n) is 6.41. The van der Waals surface area contributed by atoms with E-state index in [1.54, 1.807) is 4.90 Å². The molecule has 2 amide bonds. The predicted octanol–water partition coefficient (Wildman–Crippen LogP) is 4.05. The van der Waals surface area contributed by atoms with Crippen LogP contribution in [-0.4, -0.2) is 12.6 Å². The second-order valence-corrected chi connectivity index (χ2v) is 4.38. The molecule has 3 nitrogen and oxygen atoms in total. The van der Waals surface area contributed by atoms with Gasteiger partial charge in [-0.1, -0.05) is 30.3 Å². The fourth-order valence-electron chi connectivity index (χ4n) is 1.97. The fourth-order valence-corrected chi connectivity index (χ4v) is 1.97. The van der Waals surface area contributed by atoms with Crippen molar-refractivity contribution in [2.75, 3.05) is 16.8 Å². The summed E-state index contributed by atoms with van der Waals surface area (Å²) in [4.78, 5) is 14.0. The number of nitrogens with one attached hydrogen (secondary N) is 1. The summed E-state index contributed by atoms with van der Waals surface area (Å²) in [5.41, 5.74) is 2.84. The second-order valence-electron chi connectivity index (χ2n) is 4.38. The zero-order chi connectivity index (χ0) is 13.7. The van der Waals surface area contributed by atoms with Crippen LogP contribution >= 0.6 is 0 Å². The molecule has 0 aromatic heterocycles. The van der Waals surface area contributed by atoms with Crippen LogP contribution in [0.25, 0.3) is 0 Å².